The van der Waals surface area contributed by atoms with Crippen molar-refractivity contribution in [3.63, 3.8) is 0 Å². The number of benzene rings is 2. The Morgan fingerprint density at radius 3 is 1.86 bits per heavy atom. The van der Waals surface area contributed by atoms with Crippen LogP contribution >= 0.6 is 11.5 Å². The van der Waals surface area contributed by atoms with Crippen molar-refractivity contribution < 1.29 is 19.4 Å². The van der Waals surface area contributed by atoms with E-state index in [1.54, 1.807) is 0 Å². The molecular formula is C16H9N5O7S. The second kappa shape index (κ2) is 7.77. The number of nitrogens with one attached hydrogen (secondary N) is 1. The van der Waals surface area contributed by atoms with Gasteiger partial charge in [-0.15, -0.1) is 0 Å². The van der Waals surface area contributed by atoms with Crippen LogP contribution in [0.4, 0.5) is 16.5 Å². The van der Waals surface area contributed by atoms with E-state index in [0.29, 0.717) is 15.5 Å². The van der Waals surface area contributed by atoms with E-state index in [9.17, 15) is 34.6 Å². The molecule has 3 aromatic rings. The number of nitro groups is 2. The van der Waals surface area contributed by atoms with Crippen molar-refractivity contribution in [1.29, 1.82) is 0 Å². The summed E-state index contributed by atoms with van der Waals surface area (Å²) >= 11 is 0.573. The molecule has 0 spiro atoms. The molecule has 0 unspecified atom stereocenters. The maximum atomic E-state index is 12.4. The molecular weight excluding hydrogens is 406 g/mol. The van der Waals surface area contributed by atoms with Gasteiger partial charge in [-0.3, -0.25) is 35.1 Å². The topological polar surface area (TPSA) is 167 Å². The SMILES string of the molecule is O=C(Nc1nc(=O)n(C(=O)c2ccc([N+](=O)[O-])cc2)s1)c1ccc([N+](=O)[O-])cc1. The lowest BCUT2D eigenvalue weighted by atomic mass is 10.2. The number of non-ortho nitro benzene ring substituents is 2. The van der Waals surface area contributed by atoms with Gasteiger partial charge in [0.05, 0.1) is 9.85 Å². The van der Waals surface area contributed by atoms with Crippen LogP contribution in [0.1, 0.15) is 20.7 Å². The van der Waals surface area contributed by atoms with Crippen LogP contribution in [-0.4, -0.2) is 30.6 Å². The Balaban J connectivity index is 1.78. The summed E-state index contributed by atoms with van der Waals surface area (Å²) in [5.74, 6) is -1.44. The van der Waals surface area contributed by atoms with Gasteiger partial charge in [0.25, 0.3) is 23.2 Å². The minimum atomic E-state index is -0.933. The van der Waals surface area contributed by atoms with E-state index in [1.165, 1.54) is 24.3 Å². The fourth-order valence-electron chi connectivity index (χ4n) is 2.20. The first-order valence-electron chi connectivity index (χ1n) is 7.71. The first-order chi connectivity index (χ1) is 13.8. The predicted octanol–water partition coefficient (Wildman–Crippen LogP) is 2.06. The number of carbonyl (C=O) groups is 2. The van der Waals surface area contributed by atoms with Crippen molar-refractivity contribution in [2.45, 2.75) is 0 Å². The third-order valence-corrected chi connectivity index (χ3v) is 4.49. The van der Waals surface area contributed by atoms with Gasteiger partial charge in [-0.2, -0.15) is 8.94 Å². The van der Waals surface area contributed by atoms with E-state index >= 15 is 0 Å². The third kappa shape index (κ3) is 4.19. The highest BCUT2D eigenvalue weighted by Crippen LogP contribution is 2.17. The number of carbonyl (C=O) groups excluding carboxylic acids is 2. The molecule has 146 valence electrons. The molecule has 29 heavy (non-hydrogen) atoms. The molecule has 0 aliphatic heterocycles. The molecule has 0 aliphatic rings. The minimum absolute atomic E-state index is 0.0228. The molecule has 1 amide bonds. The van der Waals surface area contributed by atoms with Crippen molar-refractivity contribution in [3.8, 4) is 0 Å². The maximum Gasteiger partial charge on any atom is 0.367 e. The van der Waals surface area contributed by atoms with Crippen LogP contribution in [-0.2, 0) is 0 Å². The average Bonchev–Trinajstić information content (AvgIpc) is 3.07. The molecule has 0 saturated heterocycles. The molecule has 0 radical (unpaired) electrons. The molecule has 0 saturated carbocycles. The Bertz CT molecular complexity index is 1180. The van der Waals surface area contributed by atoms with Crippen LogP contribution in [0.5, 0.6) is 0 Å². The predicted molar refractivity (Wildman–Crippen MR) is 100 cm³/mol. The Labute approximate surface area is 164 Å². The summed E-state index contributed by atoms with van der Waals surface area (Å²) in [5.41, 5.74) is -1.23. The van der Waals surface area contributed by atoms with Gasteiger partial charge in [0.15, 0.2) is 0 Å². The fourth-order valence-corrected chi connectivity index (χ4v) is 2.94. The van der Waals surface area contributed by atoms with Gasteiger partial charge in [-0.25, -0.2) is 4.79 Å². The lowest BCUT2D eigenvalue weighted by Gasteiger charge is -2.01. The van der Waals surface area contributed by atoms with Crippen molar-refractivity contribution in [1.82, 2.24) is 8.94 Å². The number of hydrogen-bond donors (Lipinski definition) is 1. The minimum Gasteiger partial charge on any atom is -0.297 e. The number of rotatable bonds is 5. The largest absolute Gasteiger partial charge is 0.367 e. The number of nitrogens with zero attached hydrogens (tertiary/aromatic N) is 4. The molecule has 12 nitrogen and oxygen atoms in total. The molecule has 0 bridgehead atoms. The Hall–Kier alpha value is -4.26. The Morgan fingerprint density at radius 1 is 0.897 bits per heavy atom. The van der Waals surface area contributed by atoms with Gasteiger partial charge >= 0.3 is 5.69 Å². The van der Waals surface area contributed by atoms with Gasteiger partial charge in [-0.05, 0) is 35.8 Å². The molecule has 0 aliphatic carbocycles. The van der Waals surface area contributed by atoms with Crippen LogP contribution < -0.4 is 11.0 Å². The van der Waals surface area contributed by atoms with E-state index in [0.717, 1.165) is 24.3 Å². The number of nitro benzene ring substituents is 2. The van der Waals surface area contributed by atoms with Gasteiger partial charge in [-0.1, -0.05) is 0 Å². The van der Waals surface area contributed by atoms with E-state index in [-0.39, 0.29) is 27.6 Å². The van der Waals surface area contributed by atoms with Gasteiger partial charge in [0, 0.05) is 35.4 Å². The molecule has 3 rings (SSSR count). The van der Waals surface area contributed by atoms with Crippen LogP contribution in [0, 0.1) is 20.2 Å². The summed E-state index contributed by atoms with van der Waals surface area (Å²) in [5, 5.41) is 23.5. The van der Waals surface area contributed by atoms with Crippen molar-refractivity contribution >= 4 is 39.9 Å². The molecule has 2 aromatic carbocycles. The van der Waals surface area contributed by atoms with E-state index in [1.807, 2.05) is 0 Å². The fraction of sp³-hybridized carbons (Fsp3) is 0. The number of hydrogen-bond acceptors (Lipinski definition) is 9. The van der Waals surface area contributed by atoms with Crippen LogP contribution in [0.15, 0.2) is 53.3 Å². The Morgan fingerprint density at radius 2 is 1.38 bits per heavy atom. The van der Waals surface area contributed by atoms with Gasteiger partial charge in [0.2, 0.25) is 5.13 Å². The molecule has 13 heteroatoms. The molecule has 1 N–H and O–H groups in total. The zero-order valence-corrected chi connectivity index (χ0v) is 15.0. The lowest BCUT2D eigenvalue weighted by Crippen LogP contribution is -2.23. The number of amides is 1. The van der Waals surface area contributed by atoms with E-state index < -0.39 is 27.4 Å². The summed E-state index contributed by atoms with van der Waals surface area (Å²) in [7, 11) is 0. The van der Waals surface area contributed by atoms with E-state index in [4.69, 9.17) is 0 Å². The smallest absolute Gasteiger partial charge is 0.297 e. The monoisotopic (exact) mass is 415 g/mol. The second-order valence-corrected chi connectivity index (χ2v) is 6.39. The molecule has 1 aromatic heterocycles. The highest BCUT2D eigenvalue weighted by molar-refractivity contribution is 7.11. The normalized spacial score (nSPS) is 10.3. The molecule has 0 fully saturated rings. The number of anilines is 1. The average molecular weight is 415 g/mol. The van der Waals surface area contributed by atoms with Crippen LogP contribution in [0.2, 0.25) is 0 Å². The molecule has 0 atom stereocenters. The van der Waals surface area contributed by atoms with Crippen molar-refractivity contribution in [2.75, 3.05) is 5.32 Å². The summed E-state index contributed by atoms with van der Waals surface area (Å²) < 4.78 is 0.687. The Kier molecular flexibility index (Phi) is 5.23. The van der Waals surface area contributed by atoms with E-state index in [2.05, 4.69) is 10.3 Å². The highest BCUT2D eigenvalue weighted by atomic mass is 32.1. The maximum absolute atomic E-state index is 12.4. The first-order valence-corrected chi connectivity index (χ1v) is 8.49. The van der Waals surface area contributed by atoms with Crippen LogP contribution in [0.3, 0.4) is 0 Å². The quantitative estimate of drug-likeness (QED) is 0.488. The highest BCUT2D eigenvalue weighted by Gasteiger charge is 2.18. The summed E-state index contributed by atoms with van der Waals surface area (Å²) in [6, 6.07) is 9.39. The zero-order valence-electron chi connectivity index (χ0n) is 14.2. The van der Waals surface area contributed by atoms with Crippen LogP contribution in [0.25, 0.3) is 0 Å². The summed E-state index contributed by atoms with van der Waals surface area (Å²) in [6.07, 6.45) is 0. The standard InChI is InChI=1S/C16H9N5O7S/c22-13(9-1-5-11(6-2-9)20(25)26)17-15-18-16(24)19(29-15)14(23)10-3-7-12(8-4-10)21(27)28/h1-8H,(H,17,18,22,24). The first kappa shape index (κ1) is 19.5. The van der Waals surface area contributed by atoms with Gasteiger partial charge in [0.1, 0.15) is 0 Å². The summed E-state index contributed by atoms with van der Waals surface area (Å²) in [4.78, 5) is 60.2. The lowest BCUT2D eigenvalue weighted by molar-refractivity contribution is -0.385. The van der Waals surface area contributed by atoms with Gasteiger partial charge < -0.3 is 0 Å². The second-order valence-electron chi connectivity index (χ2n) is 5.45. The number of aromatic nitrogens is 2. The summed E-state index contributed by atoms with van der Waals surface area (Å²) in [6.45, 7) is 0. The third-order valence-electron chi connectivity index (χ3n) is 3.62. The molecule has 1 heterocycles. The zero-order chi connectivity index (χ0) is 21.1. The van der Waals surface area contributed by atoms with Crippen molar-refractivity contribution in [2.24, 2.45) is 0 Å². The van der Waals surface area contributed by atoms with Crippen molar-refractivity contribution in [3.05, 3.63) is 90.4 Å².